The van der Waals surface area contributed by atoms with Crippen molar-refractivity contribution in [1.82, 2.24) is 29.4 Å². The van der Waals surface area contributed by atoms with E-state index in [2.05, 4.69) is 19.9 Å². The minimum atomic E-state index is -0.172. The molecule has 1 aliphatic rings. The Kier molecular flexibility index (Phi) is 6.51. The third-order valence-electron chi connectivity index (χ3n) is 6.56. The van der Waals surface area contributed by atoms with Gasteiger partial charge in [-0.05, 0) is 38.8 Å². The number of carbonyl (C=O) groups is 1. The molecule has 1 aliphatic heterocycles. The molecule has 10 heteroatoms. The van der Waals surface area contributed by atoms with Crippen LogP contribution in [0.25, 0.3) is 33.4 Å². The number of aromatic nitrogens is 5. The van der Waals surface area contributed by atoms with Gasteiger partial charge in [-0.2, -0.15) is 0 Å². The maximum absolute atomic E-state index is 13.9. The Morgan fingerprint density at radius 2 is 1.86 bits per heavy atom. The van der Waals surface area contributed by atoms with Crippen LogP contribution in [-0.4, -0.2) is 54.9 Å². The molecule has 0 aliphatic carbocycles. The number of nitrogens with two attached hydrogens (primary N) is 1. The Morgan fingerprint density at radius 3 is 2.56 bits per heavy atom. The molecule has 1 aromatic carbocycles. The van der Waals surface area contributed by atoms with E-state index in [1.54, 1.807) is 47.1 Å². The lowest BCUT2D eigenvalue weighted by Gasteiger charge is -2.33. The van der Waals surface area contributed by atoms with Crippen molar-refractivity contribution >= 4 is 28.5 Å². The first kappa shape index (κ1) is 24.0. The molecule has 1 fully saturated rings. The lowest BCUT2D eigenvalue weighted by molar-refractivity contribution is -0.130. The van der Waals surface area contributed by atoms with Crippen molar-refractivity contribution in [3.8, 4) is 22.4 Å². The second-order valence-electron chi connectivity index (χ2n) is 8.99. The summed E-state index contributed by atoms with van der Waals surface area (Å²) in [7, 11) is 0. The molecule has 2 N–H and O–H groups in total. The van der Waals surface area contributed by atoms with Gasteiger partial charge in [0, 0.05) is 58.6 Å². The van der Waals surface area contributed by atoms with Crippen LogP contribution in [0.3, 0.4) is 0 Å². The number of halogens is 1. The van der Waals surface area contributed by atoms with E-state index < -0.39 is 0 Å². The third-order valence-corrected chi connectivity index (χ3v) is 6.87. The number of carbonyl (C=O) groups excluding carboxylic acids is 1. The molecule has 0 spiro atoms. The molecule has 4 heterocycles. The third kappa shape index (κ3) is 4.47. The zero-order valence-corrected chi connectivity index (χ0v) is 20.9. The van der Waals surface area contributed by atoms with Crippen molar-refractivity contribution in [2.75, 3.05) is 19.6 Å². The largest absolute Gasteiger partial charge is 0.341 e. The SMILES string of the molecule is Cc1cncc(-c2ccc(-c3cc4cnc(C)nc4n(C4CCN(C(=O)CN)CC4)c3=O)c(Cl)c2)n1. The average Bonchev–Trinajstić information content (AvgIpc) is 2.88. The van der Waals surface area contributed by atoms with E-state index in [4.69, 9.17) is 17.3 Å². The fourth-order valence-electron chi connectivity index (χ4n) is 4.74. The van der Waals surface area contributed by atoms with Gasteiger partial charge in [-0.3, -0.25) is 19.1 Å². The number of fused-ring (bicyclic) bond motifs is 1. The van der Waals surface area contributed by atoms with Gasteiger partial charge in [0.15, 0.2) is 0 Å². The monoisotopic (exact) mass is 503 g/mol. The number of likely N-dealkylation sites (tertiary alicyclic amines) is 1. The summed E-state index contributed by atoms with van der Waals surface area (Å²) in [6, 6.07) is 7.22. The summed E-state index contributed by atoms with van der Waals surface area (Å²) in [5.74, 6) is 0.503. The van der Waals surface area contributed by atoms with Gasteiger partial charge in [-0.1, -0.05) is 23.7 Å². The number of pyridine rings is 1. The van der Waals surface area contributed by atoms with E-state index in [9.17, 15) is 9.59 Å². The van der Waals surface area contributed by atoms with Crippen molar-refractivity contribution in [1.29, 1.82) is 0 Å². The molecular formula is C26H26ClN7O2. The van der Waals surface area contributed by atoms with Crippen LogP contribution in [0.15, 0.2) is 47.7 Å². The predicted octanol–water partition coefficient (Wildman–Crippen LogP) is 3.31. The van der Waals surface area contributed by atoms with Crippen molar-refractivity contribution in [3.05, 3.63) is 69.8 Å². The van der Waals surface area contributed by atoms with Crippen LogP contribution in [0, 0.1) is 13.8 Å². The van der Waals surface area contributed by atoms with Gasteiger partial charge in [0.25, 0.3) is 5.56 Å². The maximum Gasteiger partial charge on any atom is 0.260 e. The number of benzene rings is 1. The van der Waals surface area contributed by atoms with Crippen LogP contribution in [0.2, 0.25) is 5.02 Å². The van der Waals surface area contributed by atoms with Gasteiger partial charge in [-0.15, -0.1) is 0 Å². The molecule has 0 bridgehead atoms. The zero-order chi connectivity index (χ0) is 25.4. The molecule has 3 aromatic heterocycles. The Bertz CT molecular complexity index is 1530. The summed E-state index contributed by atoms with van der Waals surface area (Å²) in [6.07, 6.45) is 6.37. The molecule has 0 saturated carbocycles. The van der Waals surface area contributed by atoms with Crippen LogP contribution in [0.1, 0.15) is 30.4 Å². The normalized spacial score (nSPS) is 14.4. The minimum absolute atomic E-state index is 0.0158. The molecular weight excluding hydrogens is 478 g/mol. The smallest absolute Gasteiger partial charge is 0.260 e. The summed E-state index contributed by atoms with van der Waals surface area (Å²) in [6.45, 7) is 4.74. The number of amides is 1. The summed E-state index contributed by atoms with van der Waals surface area (Å²) >= 11 is 6.73. The second kappa shape index (κ2) is 9.75. The number of aryl methyl sites for hydroxylation is 2. The van der Waals surface area contributed by atoms with Crippen LogP contribution in [0.4, 0.5) is 0 Å². The molecule has 9 nitrogen and oxygen atoms in total. The standard InChI is InChI=1S/C26H26ClN7O2/c1-15-12-29-14-23(31-15)17-3-4-20(22(27)10-17)21-9-18-13-30-16(2)32-25(18)34(26(21)36)19-5-7-33(8-6-19)24(35)11-28/h3-4,9-10,12-14,19H,5-8,11,28H2,1-2H3. The predicted molar refractivity (Wildman–Crippen MR) is 139 cm³/mol. The Labute approximate surface area is 213 Å². The zero-order valence-electron chi connectivity index (χ0n) is 20.1. The van der Waals surface area contributed by atoms with Crippen LogP contribution >= 0.6 is 11.6 Å². The molecule has 36 heavy (non-hydrogen) atoms. The topological polar surface area (TPSA) is 120 Å². The minimum Gasteiger partial charge on any atom is -0.341 e. The number of rotatable bonds is 4. The molecule has 1 saturated heterocycles. The number of piperidine rings is 1. The number of hydrogen-bond donors (Lipinski definition) is 1. The fraction of sp³-hybridized carbons (Fsp3) is 0.308. The quantitative estimate of drug-likeness (QED) is 0.453. The van der Waals surface area contributed by atoms with Gasteiger partial charge >= 0.3 is 0 Å². The van der Waals surface area contributed by atoms with E-state index in [0.717, 1.165) is 16.6 Å². The fourth-order valence-corrected chi connectivity index (χ4v) is 5.02. The maximum atomic E-state index is 13.9. The lowest BCUT2D eigenvalue weighted by atomic mass is 10.0. The Morgan fingerprint density at radius 1 is 1.08 bits per heavy atom. The summed E-state index contributed by atoms with van der Waals surface area (Å²) < 4.78 is 1.75. The second-order valence-corrected chi connectivity index (χ2v) is 9.39. The van der Waals surface area contributed by atoms with Gasteiger partial charge in [-0.25, -0.2) is 15.0 Å². The highest BCUT2D eigenvalue weighted by Gasteiger charge is 2.27. The van der Waals surface area contributed by atoms with Gasteiger partial charge in [0.2, 0.25) is 5.91 Å². The Balaban J connectivity index is 1.60. The van der Waals surface area contributed by atoms with E-state index in [1.807, 2.05) is 19.1 Å². The first-order valence-electron chi connectivity index (χ1n) is 11.8. The first-order valence-corrected chi connectivity index (χ1v) is 12.2. The van der Waals surface area contributed by atoms with Gasteiger partial charge in [0.05, 0.1) is 24.1 Å². The van der Waals surface area contributed by atoms with Crippen LogP contribution in [-0.2, 0) is 4.79 Å². The lowest BCUT2D eigenvalue weighted by Crippen LogP contribution is -2.43. The average molecular weight is 504 g/mol. The highest BCUT2D eigenvalue weighted by molar-refractivity contribution is 6.33. The molecule has 5 rings (SSSR count). The van der Waals surface area contributed by atoms with Crippen molar-refractivity contribution in [2.24, 2.45) is 5.73 Å². The molecule has 0 unspecified atom stereocenters. The van der Waals surface area contributed by atoms with E-state index >= 15 is 0 Å². The summed E-state index contributed by atoms with van der Waals surface area (Å²) in [5, 5.41) is 1.19. The van der Waals surface area contributed by atoms with Crippen molar-refractivity contribution < 1.29 is 4.79 Å². The number of hydrogen-bond acceptors (Lipinski definition) is 7. The van der Waals surface area contributed by atoms with Gasteiger partial charge < -0.3 is 10.6 Å². The highest BCUT2D eigenvalue weighted by atomic mass is 35.5. The van der Waals surface area contributed by atoms with E-state index in [1.165, 1.54) is 0 Å². The highest BCUT2D eigenvalue weighted by Crippen LogP contribution is 2.33. The summed E-state index contributed by atoms with van der Waals surface area (Å²) in [5.41, 5.74) is 9.38. The van der Waals surface area contributed by atoms with Crippen LogP contribution < -0.4 is 11.3 Å². The van der Waals surface area contributed by atoms with Crippen LogP contribution in [0.5, 0.6) is 0 Å². The number of nitrogens with zero attached hydrogens (tertiary/aromatic N) is 6. The first-order chi connectivity index (χ1) is 17.4. The summed E-state index contributed by atoms with van der Waals surface area (Å²) in [4.78, 5) is 45.4. The molecule has 4 aromatic rings. The molecule has 1 amide bonds. The Hall–Kier alpha value is -3.69. The van der Waals surface area contributed by atoms with Gasteiger partial charge in [0.1, 0.15) is 11.5 Å². The molecule has 184 valence electrons. The molecule has 0 atom stereocenters. The van der Waals surface area contributed by atoms with Crippen molar-refractivity contribution in [2.45, 2.75) is 32.7 Å². The van der Waals surface area contributed by atoms with Crippen molar-refractivity contribution in [3.63, 3.8) is 0 Å². The molecule has 0 radical (unpaired) electrons. The van der Waals surface area contributed by atoms with E-state index in [0.29, 0.717) is 59.2 Å². The van der Waals surface area contributed by atoms with E-state index in [-0.39, 0.29) is 24.1 Å².